The van der Waals surface area contributed by atoms with Gasteiger partial charge in [0.15, 0.2) is 0 Å². The van der Waals surface area contributed by atoms with E-state index in [1.165, 1.54) is 29.2 Å². The van der Waals surface area contributed by atoms with Crippen LogP contribution in [0.25, 0.3) is 0 Å². The van der Waals surface area contributed by atoms with E-state index in [0.717, 1.165) is 52.2 Å². The molecule has 0 unspecified atom stereocenters. The van der Waals surface area contributed by atoms with Crippen molar-refractivity contribution in [3.63, 3.8) is 0 Å². The van der Waals surface area contributed by atoms with Gasteiger partial charge >= 0.3 is 0 Å². The zero-order valence-electron chi connectivity index (χ0n) is 27.6. The van der Waals surface area contributed by atoms with E-state index in [1.54, 1.807) is 19.2 Å². The monoisotopic (exact) mass is 687 g/mol. The molecule has 0 bridgehead atoms. The topological polar surface area (TPSA) is 96.0 Å². The Labute approximate surface area is 288 Å². The van der Waals surface area contributed by atoms with Crippen LogP contribution in [0.4, 0.5) is 5.69 Å². The number of nitrogens with zero attached hydrogens (tertiary/aromatic N) is 2. The number of nitrogens with one attached hydrogen (secondary N) is 1. The first-order valence-corrected chi connectivity index (χ1v) is 18.0. The Balaban J connectivity index is 1.59. The first-order chi connectivity index (χ1) is 23.0. The molecule has 0 saturated heterocycles. The van der Waals surface area contributed by atoms with Crippen molar-refractivity contribution < 1.29 is 22.7 Å². The molecule has 1 atom stereocenters. The molecule has 48 heavy (non-hydrogen) atoms. The van der Waals surface area contributed by atoms with Crippen molar-refractivity contribution in [2.45, 2.75) is 69.5 Å². The van der Waals surface area contributed by atoms with Crippen LogP contribution in [0.2, 0.25) is 5.02 Å². The number of anilines is 1. The van der Waals surface area contributed by atoms with Crippen LogP contribution in [0.3, 0.4) is 0 Å². The third-order valence-electron chi connectivity index (χ3n) is 8.92. The fraction of sp³-hybridized carbons (Fsp3) is 0.316. The quantitative estimate of drug-likeness (QED) is 0.166. The summed E-state index contributed by atoms with van der Waals surface area (Å²) in [5, 5.41) is 3.59. The lowest BCUT2D eigenvalue weighted by Gasteiger charge is -2.34. The van der Waals surface area contributed by atoms with Gasteiger partial charge in [-0.05, 0) is 97.5 Å². The molecule has 252 valence electrons. The average molecular weight is 688 g/mol. The number of sulfonamides is 1. The van der Waals surface area contributed by atoms with Gasteiger partial charge in [-0.1, -0.05) is 73.0 Å². The Morgan fingerprint density at radius 1 is 0.875 bits per heavy atom. The summed E-state index contributed by atoms with van der Waals surface area (Å²) < 4.78 is 35.1. The van der Waals surface area contributed by atoms with Gasteiger partial charge in [0.05, 0.1) is 17.7 Å². The summed E-state index contributed by atoms with van der Waals surface area (Å²) in [6.45, 7) is 3.37. The third kappa shape index (κ3) is 8.57. The number of carbonyl (C=O) groups is 2. The molecule has 0 aliphatic heterocycles. The number of carbonyl (C=O) groups excluding carboxylic acids is 2. The molecule has 1 fully saturated rings. The van der Waals surface area contributed by atoms with Gasteiger partial charge in [-0.3, -0.25) is 13.9 Å². The predicted molar refractivity (Wildman–Crippen MR) is 190 cm³/mol. The highest BCUT2D eigenvalue weighted by atomic mass is 35.5. The summed E-state index contributed by atoms with van der Waals surface area (Å²) in [5.41, 5.74) is 3.83. The number of amides is 2. The van der Waals surface area contributed by atoms with Crippen molar-refractivity contribution in [1.82, 2.24) is 10.2 Å². The van der Waals surface area contributed by atoms with Crippen LogP contribution < -0.4 is 14.4 Å². The van der Waals surface area contributed by atoms with Crippen LogP contribution in [0.1, 0.15) is 47.9 Å². The Bertz CT molecular complexity index is 1830. The van der Waals surface area contributed by atoms with Crippen LogP contribution in [-0.2, 0) is 32.6 Å². The molecule has 0 heterocycles. The minimum atomic E-state index is -4.23. The fourth-order valence-electron chi connectivity index (χ4n) is 6.03. The minimum absolute atomic E-state index is 0.00270. The van der Waals surface area contributed by atoms with Crippen LogP contribution in [0.15, 0.2) is 102 Å². The zero-order chi connectivity index (χ0) is 34.3. The maximum absolute atomic E-state index is 14.7. The second kappa shape index (κ2) is 15.7. The number of methoxy groups -OCH3 is 1. The number of benzene rings is 4. The molecule has 4 aromatic carbocycles. The Morgan fingerprint density at radius 2 is 1.56 bits per heavy atom. The van der Waals surface area contributed by atoms with Gasteiger partial charge in [0.2, 0.25) is 11.8 Å². The summed E-state index contributed by atoms with van der Waals surface area (Å²) in [4.78, 5) is 30.4. The summed E-state index contributed by atoms with van der Waals surface area (Å²) in [6.07, 6.45) is 4.09. The van der Waals surface area contributed by atoms with Crippen molar-refractivity contribution in [3.8, 4) is 5.75 Å². The van der Waals surface area contributed by atoms with Gasteiger partial charge in [0.1, 0.15) is 18.3 Å². The van der Waals surface area contributed by atoms with Gasteiger partial charge in [-0.15, -0.1) is 0 Å². The molecule has 8 nitrogen and oxygen atoms in total. The van der Waals surface area contributed by atoms with Gasteiger partial charge in [-0.25, -0.2) is 8.42 Å². The third-order valence-corrected chi connectivity index (χ3v) is 11.0. The molecule has 10 heteroatoms. The van der Waals surface area contributed by atoms with Crippen LogP contribution in [-0.4, -0.2) is 50.9 Å². The number of rotatable bonds is 13. The number of aryl methyl sites for hydroxylation is 2. The molecule has 4 aromatic rings. The van der Waals surface area contributed by atoms with E-state index in [9.17, 15) is 18.0 Å². The lowest BCUT2D eigenvalue weighted by atomic mass is 10.0. The normalized spacial score (nSPS) is 13.9. The zero-order valence-corrected chi connectivity index (χ0v) is 29.1. The highest BCUT2D eigenvalue weighted by Crippen LogP contribution is 2.28. The van der Waals surface area contributed by atoms with Gasteiger partial charge < -0.3 is 15.0 Å². The predicted octanol–water partition coefficient (Wildman–Crippen LogP) is 6.86. The standard InChI is InChI=1S/C38H42ClN3O5S/c1-27-16-19-33(22-28(27)2)42(48(45,46)35-20-17-31(39)18-21-35)26-37(43)41(25-30-12-9-15-34(23-30)47-3)36(24-29-10-5-4-6-11-29)38(44)40-32-13-7-8-14-32/h4-6,9-12,15-23,32,36H,7-8,13-14,24-26H2,1-3H3,(H,40,44)/t36-/m1/s1. The molecular weight excluding hydrogens is 646 g/mol. The van der Waals surface area contributed by atoms with Gasteiger partial charge in [-0.2, -0.15) is 0 Å². The van der Waals surface area contributed by atoms with E-state index in [0.29, 0.717) is 16.5 Å². The second-order valence-corrected chi connectivity index (χ2v) is 14.6. The van der Waals surface area contributed by atoms with Crippen molar-refractivity contribution in [2.24, 2.45) is 0 Å². The number of ether oxygens (including phenoxy) is 1. The Morgan fingerprint density at radius 3 is 2.23 bits per heavy atom. The maximum Gasteiger partial charge on any atom is 0.264 e. The molecule has 0 aromatic heterocycles. The summed E-state index contributed by atoms with van der Waals surface area (Å²) >= 11 is 6.10. The molecule has 1 saturated carbocycles. The molecule has 5 rings (SSSR count). The lowest BCUT2D eigenvalue weighted by molar-refractivity contribution is -0.140. The average Bonchev–Trinajstić information content (AvgIpc) is 3.60. The Kier molecular flexibility index (Phi) is 11.4. The van der Waals surface area contributed by atoms with Crippen LogP contribution in [0.5, 0.6) is 5.75 Å². The fourth-order valence-corrected chi connectivity index (χ4v) is 7.56. The molecule has 2 amide bonds. The van der Waals surface area contributed by atoms with Gasteiger partial charge in [0, 0.05) is 24.0 Å². The molecule has 1 aliphatic rings. The lowest BCUT2D eigenvalue weighted by Crippen LogP contribution is -2.54. The second-order valence-electron chi connectivity index (χ2n) is 12.3. The van der Waals surface area contributed by atoms with Crippen LogP contribution >= 0.6 is 11.6 Å². The van der Waals surface area contributed by atoms with Crippen molar-refractivity contribution in [2.75, 3.05) is 18.0 Å². The van der Waals surface area contributed by atoms with E-state index in [2.05, 4.69) is 5.32 Å². The van der Waals surface area contributed by atoms with E-state index in [4.69, 9.17) is 16.3 Å². The Hall–Kier alpha value is -4.34. The smallest absolute Gasteiger partial charge is 0.264 e. The van der Waals surface area contributed by atoms with E-state index >= 15 is 0 Å². The molecule has 1 N–H and O–H groups in total. The first kappa shape index (κ1) is 35.0. The molecular formula is C38H42ClN3O5S. The summed E-state index contributed by atoms with van der Waals surface area (Å²) in [5.74, 6) is -0.173. The van der Waals surface area contributed by atoms with Crippen molar-refractivity contribution >= 4 is 39.1 Å². The molecule has 0 radical (unpaired) electrons. The van der Waals surface area contributed by atoms with E-state index in [1.807, 2.05) is 74.5 Å². The highest BCUT2D eigenvalue weighted by molar-refractivity contribution is 7.92. The number of halogens is 1. The SMILES string of the molecule is COc1cccc(CN(C(=O)CN(c2ccc(C)c(C)c2)S(=O)(=O)c2ccc(Cl)cc2)[C@H](Cc2ccccc2)C(=O)NC2CCCC2)c1. The highest BCUT2D eigenvalue weighted by Gasteiger charge is 2.35. The summed E-state index contributed by atoms with van der Waals surface area (Å²) in [6, 6.07) is 27.2. The molecule has 0 spiro atoms. The van der Waals surface area contributed by atoms with Gasteiger partial charge in [0.25, 0.3) is 10.0 Å². The van der Waals surface area contributed by atoms with Crippen molar-refractivity contribution in [1.29, 1.82) is 0 Å². The maximum atomic E-state index is 14.7. The van der Waals surface area contributed by atoms with Crippen molar-refractivity contribution in [3.05, 3.63) is 124 Å². The number of hydrogen-bond donors (Lipinski definition) is 1. The van der Waals surface area contributed by atoms with Crippen LogP contribution in [0, 0.1) is 13.8 Å². The summed E-state index contributed by atoms with van der Waals surface area (Å²) in [7, 11) is -2.66. The largest absolute Gasteiger partial charge is 0.497 e. The first-order valence-electron chi connectivity index (χ1n) is 16.2. The minimum Gasteiger partial charge on any atom is -0.497 e. The molecule has 1 aliphatic carbocycles. The van der Waals surface area contributed by atoms with E-state index < -0.39 is 28.5 Å². The van der Waals surface area contributed by atoms with E-state index in [-0.39, 0.29) is 29.8 Å². The number of hydrogen-bond acceptors (Lipinski definition) is 5.